The number of phenolic OH excluding ortho intramolecular Hbond substituents is 1. The Hall–Kier alpha value is -2.83. The molecule has 0 spiro atoms. The van der Waals surface area contributed by atoms with Crippen LogP contribution in [0, 0.1) is 0 Å². The average molecular weight is 442 g/mol. The summed E-state index contributed by atoms with van der Waals surface area (Å²) in [5.74, 6) is -0.0977. The number of aromatic hydroxyl groups is 1. The quantitative estimate of drug-likeness (QED) is 0.652. The molecule has 0 unspecified atom stereocenters. The van der Waals surface area contributed by atoms with E-state index in [4.69, 9.17) is 11.6 Å². The first-order valence-electron chi connectivity index (χ1n) is 10.2. The average Bonchev–Trinajstić information content (AvgIpc) is 3.14. The minimum absolute atomic E-state index is 0.102. The van der Waals surface area contributed by atoms with E-state index >= 15 is 0 Å². The number of halogens is 1. The number of carbonyl (C=O) groups is 2. The van der Waals surface area contributed by atoms with Gasteiger partial charge in [-0.2, -0.15) is 0 Å². The Morgan fingerprint density at radius 2 is 1.97 bits per heavy atom. The number of carbonyl (C=O) groups excluding carboxylic acids is 2. The van der Waals surface area contributed by atoms with Crippen molar-refractivity contribution in [2.75, 3.05) is 26.0 Å². The van der Waals surface area contributed by atoms with Gasteiger partial charge in [0, 0.05) is 36.8 Å². The predicted molar refractivity (Wildman–Crippen MR) is 124 cm³/mol. The standard InChI is InChI=1S/C24H28ClN3O3/c1-15(2)18-12-16(8-10-21(18)29)24(31)28-13-17-7-9-20(25)23(19(17)14-28)26-22(30)6-5-11-27(3)4/h5-10,12,15,29H,11,13-14H2,1-4H3,(H,26,30)/b6-5+. The third kappa shape index (κ3) is 5.27. The maximum atomic E-state index is 13.1. The van der Waals surface area contributed by atoms with Crippen molar-refractivity contribution in [3.63, 3.8) is 0 Å². The molecule has 0 atom stereocenters. The number of phenols is 1. The van der Waals surface area contributed by atoms with Gasteiger partial charge in [-0.15, -0.1) is 0 Å². The summed E-state index contributed by atoms with van der Waals surface area (Å²) in [5.41, 5.74) is 3.61. The monoisotopic (exact) mass is 441 g/mol. The molecule has 2 aromatic carbocycles. The van der Waals surface area contributed by atoms with Crippen LogP contribution in [-0.4, -0.2) is 47.4 Å². The van der Waals surface area contributed by atoms with E-state index in [0.29, 0.717) is 35.9 Å². The van der Waals surface area contributed by atoms with Crippen LogP contribution in [0.1, 0.15) is 46.8 Å². The maximum Gasteiger partial charge on any atom is 0.254 e. The molecule has 0 saturated heterocycles. The van der Waals surface area contributed by atoms with Crippen LogP contribution in [0.5, 0.6) is 5.75 Å². The normalized spacial score (nSPS) is 13.3. The van der Waals surface area contributed by atoms with Crippen molar-refractivity contribution in [3.05, 3.63) is 69.8 Å². The zero-order valence-corrected chi connectivity index (χ0v) is 19.0. The fourth-order valence-corrected chi connectivity index (χ4v) is 3.81. The van der Waals surface area contributed by atoms with Crippen LogP contribution in [0.2, 0.25) is 5.02 Å². The number of fused-ring (bicyclic) bond motifs is 1. The Morgan fingerprint density at radius 1 is 1.23 bits per heavy atom. The fraction of sp³-hybridized carbons (Fsp3) is 0.333. The topological polar surface area (TPSA) is 72.9 Å². The van der Waals surface area contributed by atoms with E-state index in [2.05, 4.69) is 5.32 Å². The van der Waals surface area contributed by atoms with Crippen LogP contribution in [0.25, 0.3) is 0 Å². The molecule has 0 aromatic heterocycles. The summed E-state index contributed by atoms with van der Waals surface area (Å²) in [5, 5.41) is 13.4. The van der Waals surface area contributed by atoms with E-state index in [0.717, 1.165) is 16.7 Å². The molecule has 6 nitrogen and oxygen atoms in total. The fourth-order valence-electron chi connectivity index (χ4n) is 3.59. The second-order valence-corrected chi connectivity index (χ2v) is 8.71. The third-order valence-electron chi connectivity index (χ3n) is 5.24. The van der Waals surface area contributed by atoms with Crippen molar-refractivity contribution in [2.24, 2.45) is 0 Å². The number of likely N-dealkylation sites (N-methyl/N-ethyl adjacent to an activating group) is 1. The highest BCUT2D eigenvalue weighted by Crippen LogP contribution is 2.36. The smallest absolute Gasteiger partial charge is 0.254 e. The van der Waals surface area contributed by atoms with Gasteiger partial charge in [0.25, 0.3) is 5.91 Å². The van der Waals surface area contributed by atoms with Crippen LogP contribution in [-0.2, 0) is 17.9 Å². The Balaban J connectivity index is 1.80. The lowest BCUT2D eigenvalue weighted by molar-refractivity contribution is -0.111. The zero-order valence-electron chi connectivity index (χ0n) is 18.3. The molecule has 0 bridgehead atoms. The first kappa shape index (κ1) is 22.8. The number of amides is 2. The van der Waals surface area contributed by atoms with Crippen molar-refractivity contribution >= 4 is 29.1 Å². The van der Waals surface area contributed by atoms with E-state index in [1.165, 1.54) is 6.08 Å². The highest BCUT2D eigenvalue weighted by atomic mass is 35.5. The lowest BCUT2D eigenvalue weighted by Gasteiger charge is -2.17. The molecule has 2 N–H and O–H groups in total. The van der Waals surface area contributed by atoms with Gasteiger partial charge in [-0.3, -0.25) is 9.59 Å². The van der Waals surface area contributed by atoms with Crippen molar-refractivity contribution in [2.45, 2.75) is 32.9 Å². The summed E-state index contributed by atoms with van der Waals surface area (Å²) >= 11 is 6.38. The Labute approximate surface area is 188 Å². The lowest BCUT2D eigenvalue weighted by atomic mass is 9.99. The number of hydrogen-bond acceptors (Lipinski definition) is 4. The van der Waals surface area contributed by atoms with Crippen LogP contribution in [0.3, 0.4) is 0 Å². The molecule has 1 aliphatic heterocycles. The zero-order chi connectivity index (χ0) is 22.7. The van der Waals surface area contributed by atoms with E-state index in [1.54, 1.807) is 35.2 Å². The number of nitrogens with zero attached hydrogens (tertiary/aromatic N) is 2. The number of hydrogen-bond donors (Lipinski definition) is 2. The van der Waals surface area contributed by atoms with E-state index in [-0.39, 0.29) is 23.5 Å². The van der Waals surface area contributed by atoms with Crippen LogP contribution >= 0.6 is 11.6 Å². The van der Waals surface area contributed by atoms with Crippen molar-refractivity contribution in [1.82, 2.24) is 9.80 Å². The van der Waals surface area contributed by atoms with Gasteiger partial charge in [-0.25, -0.2) is 0 Å². The lowest BCUT2D eigenvalue weighted by Crippen LogP contribution is -2.25. The van der Waals surface area contributed by atoms with Gasteiger partial charge in [0.05, 0.1) is 10.7 Å². The maximum absolute atomic E-state index is 13.1. The Bertz CT molecular complexity index is 1030. The molecule has 1 heterocycles. The number of anilines is 1. The van der Waals surface area contributed by atoms with Gasteiger partial charge < -0.3 is 20.2 Å². The van der Waals surface area contributed by atoms with E-state index in [1.807, 2.05) is 38.9 Å². The summed E-state index contributed by atoms with van der Waals surface area (Å²) in [6, 6.07) is 8.58. The van der Waals surface area contributed by atoms with Gasteiger partial charge in [-0.1, -0.05) is 37.6 Å². The molecule has 0 radical (unpaired) electrons. The van der Waals surface area contributed by atoms with Crippen molar-refractivity contribution < 1.29 is 14.7 Å². The molecule has 7 heteroatoms. The molecule has 0 saturated carbocycles. The summed E-state index contributed by atoms with van der Waals surface area (Å²) in [6.45, 7) is 5.38. The second-order valence-electron chi connectivity index (χ2n) is 8.30. The van der Waals surface area contributed by atoms with Gasteiger partial charge in [0.2, 0.25) is 5.91 Å². The van der Waals surface area contributed by atoms with Crippen molar-refractivity contribution in [1.29, 1.82) is 0 Å². The molecule has 0 fully saturated rings. The Morgan fingerprint density at radius 3 is 2.65 bits per heavy atom. The number of benzene rings is 2. The number of nitrogens with one attached hydrogen (secondary N) is 1. The van der Waals surface area contributed by atoms with Gasteiger partial charge in [-0.05, 0) is 55.4 Å². The second kappa shape index (κ2) is 9.54. The van der Waals surface area contributed by atoms with Crippen molar-refractivity contribution in [3.8, 4) is 5.75 Å². The highest BCUT2D eigenvalue weighted by molar-refractivity contribution is 6.34. The molecule has 1 aliphatic rings. The first-order valence-corrected chi connectivity index (χ1v) is 10.6. The summed E-state index contributed by atoms with van der Waals surface area (Å²) < 4.78 is 0. The van der Waals surface area contributed by atoms with Crippen LogP contribution in [0.15, 0.2) is 42.5 Å². The van der Waals surface area contributed by atoms with Gasteiger partial charge in [0.15, 0.2) is 0 Å². The first-order chi connectivity index (χ1) is 14.7. The summed E-state index contributed by atoms with van der Waals surface area (Å²) in [4.78, 5) is 29.1. The van der Waals surface area contributed by atoms with Gasteiger partial charge >= 0.3 is 0 Å². The molecule has 3 rings (SSSR count). The molecular weight excluding hydrogens is 414 g/mol. The highest BCUT2D eigenvalue weighted by Gasteiger charge is 2.28. The molecular formula is C24H28ClN3O3. The minimum atomic E-state index is -0.262. The SMILES string of the molecule is CC(C)c1cc(C(=O)N2Cc3ccc(Cl)c(NC(=O)/C=C/CN(C)C)c3C2)ccc1O. The molecule has 31 heavy (non-hydrogen) atoms. The number of rotatable bonds is 6. The molecule has 164 valence electrons. The van der Waals surface area contributed by atoms with E-state index < -0.39 is 0 Å². The molecule has 2 amide bonds. The van der Waals surface area contributed by atoms with E-state index in [9.17, 15) is 14.7 Å². The minimum Gasteiger partial charge on any atom is -0.508 e. The predicted octanol–water partition coefficient (Wildman–Crippen LogP) is 4.38. The summed E-state index contributed by atoms with van der Waals surface area (Å²) in [7, 11) is 3.85. The molecule has 0 aliphatic carbocycles. The Kier molecular flexibility index (Phi) is 7.03. The molecule has 2 aromatic rings. The van der Waals surface area contributed by atoms with Crippen LogP contribution < -0.4 is 5.32 Å². The van der Waals surface area contributed by atoms with Gasteiger partial charge in [0.1, 0.15) is 5.75 Å². The third-order valence-corrected chi connectivity index (χ3v) is 5.56. The van der Waals surface area contributed by atoms with Crippen LogP contribution in [0.4, 0.5) is 5.69 Å². The summed E-state index contributed by atoms with van der Waals surface area (Å²) in [6.07, 6.45) is 3.26. The largest absolute Gasteiger partial charge is 0.508 e.